The van der Waals surface area contributed by atoms with Crippen molar-refractivity contribution in [1.82, 2.24) is 4.90 Å². The molecule has 0 spiro atoms. The molecule has 0 unspecified atom stereocenters. The van der Waals surface area contributed by atoms with Crippen molar-refractivity contribution < 1.29 is 23.8 Å². The Hall–Kier alpha value is -2.60. The third kappa shape index (κ3) is 4.96. The zero-order chi connectivity index (χ0) is 17.4. The normalized spacial score (nSPS) is 10.5. The van der Waals surface area contributed by atoms with E-state index in [9.17, 15) is 9.59 Å². The van der Waals surface area contributed by atoms with E-state index in [0.717, 1.165) is 12.8 Å². The third-order valence-electron chi connectivity index (χ3n) is 3.62. The molecule has 24 heavy (non-hydrogen) atoms. The van der Waals surface area contributed by atoms with E-state index in [0.29, 0.717) is 19.7 Å². The molecule has 1 aromatic heterocycles. The Labute approximate surface area is 140 Å². The van der Waals surface area contributed by atoms with E-state index < -0.39 is 5.97 Å². The van der Waals surface area contributed by atoms with E-state index in [2.05, 4.69) is 0 Å². The van der Waals surface area contributed by atoms with Crippen molar-refractivity contribution in [1.29, 1.82) is 0 Å². The zero-order valence-corrected chi connectivity index (χ0v) is 13.6. The van der Waals surface area contributed by atoms with Crippen molar-refractivity contribution in [2.75, 3.05) is 26.8 Å². The van der Waals surface area contributed by atoms with Crippen LogP contribution in [-0.2, 0) is 11.2 Å². The highest BCUT2D eigenvalue weighted by Gasteiger charge is 2.20. The molecule has 128 valence electrons. The second kappa shape index (κ2) is 8.88. The topological polar surface area (TPSA) is 80.0 Å². The van der Waals surface area contributed by atoms with Gasteiger partial charge in [0.1, 0.15) is 0 Å². The van der Waals surface area contributed by atoms with Gasteiger partial charge in [0.2, 0.25) is 5.76 Å². The van der Waals surface area contributed by atoms with Crippen LogP contribution in [0.25, 0.3) is 0 Å². The zero-order valence-electron chi connectivity index (χ0n) is 13.6. The summed E-state index contributed by atoms with van der Waals surface area (Å²) in [6.07, 6.45) is 1.65. The van der Waals surface area contributed by atoms with Crippen LogP contribution in [0.1, 0.15) is 33.1 Å². The second-order valence-electron chi connectivity index (χ2n) is 5.34. The summed E-state index contributed by atoms with van der Waals surface area (Å²) < 4.78 is 10.1. The molecule has 0 saturated heterocycles. The number of methoxy groups -OCH3 is 1. The lowest BCUT2D eigenvalue weighted by Crippen LogP contribution is -2.34. The van der Waals surface area contributed by atoms with Crippen LogP contribution in [0.3, 0.4) is 0 Å². The van der Waals surface area contributed by atoms with Crippen molar-refractivity contribution in [3.05, 3.63) is 59.5 Å². The number of carbonyl (C=O) groups excluding carboxylic acids is 1. The number of carbonyl (C=O) groups is 2. The standard InChI is InChI=1S/C18H21NO5/c1-23-13-12-19(11-5-8-14-6-3-2-4-7-14)17(20)15-9-10-16(24-15)18(21)22/h2-4,6-7,9-10H,5,8,11-13H2,1H3,(H,21,22). The second-order valence-corrected chi connectivity index (χ2v) is 5.34. The van der Waals surface area contributed by atoms with Crippen LogP contribution in [0.2, 0.25) is 0 Å². The molecular formula is C18H21NO5. The smallest absolute Gasteiger partial charge is 0.371 e. The highest BCUT2D eigenvalue weighted by Crippen LogP contribution is 2.12. The highest BCUT2D eigenvalue weighted by molar-refractivity contribution is 5.93. The molecule has 2 rings (SSSR count). The van der Waals surface area contributed by atoms with Crippen LogP contribution in [0.15, 0.2) is 46.9 Å². The first-order valence-electron chi connectivity index (χ1n) is 7.77. The summed E-state index contributed by atoms with van der Waals surface area (Å²) in [7, 11) is 1.57. The molecule has 2 aromatic rings. The maximum Gasteiger partial charge on any atom is 0.371 e. The van der Waals surface area contributed by atoms with Crippen LogP contribution in [0.5, 0.6) is 0 Å². The minimum absolute atomic E-state index is 0.0308. The van der Waals surface area contributed by atoms with E-state index in [1.807, 2.05) is 30.3 Å². The van der Waals surface area contributed by atoms with Gasteiger partial charge in [0.05, 0.1) is 6.61 Å². The molecule has 0 aliphatic carbocycles. The lowest BCUT2D eigenvalue weighted by atomic mass is 10.1. The molecule has 1 N–H and O–H groups in total. The molecule has 0 fully saturated rings. The van der Waals surface area contributed by atoms with E-state index in [4.69, 9.17) is 14.3 Å². The quantitative estimate of drug-likeness (QED) is 0.764. The number of amides is 1. The molecule has 1 aromatic carbocycles. The molecule has 6 heteroatoms. The molecule has 0 bridgehead atoms. The largest absolute Gasteiger partial charge is 0.475 e. The Balaban J connectivity index is 1.97. The van der Waals surface area contributed by atoms with Gasteiger partial charge >= 0.3 is 5.97 Å². The third-order valence-corrected chi connectivity index (χ3v) is 3.62. The first kappa shape index (κ1) is 17.7. The number of hydrogen-bond donors (Lipinski definition) is 1. The summed E-state index contributed by atoms with van der Waals surface area (Å²) in [5.41, 5.74) is 1.21. The van der Waals surface area contributed by atoms with Crippen LogP contribution in [0, 0.1) is 0 Å². The summed E-state index contributed by atoms with van der Waals surface area (Å²) in [4.78, 5) is 25.0. The lowest BCUT2D eigenvalue weighted by molar-refractivity contribution is 0.0631. The number of hydrogen-bond acceptors (Lipinski definition) is 4. The molecule has 6 nitrogen and oxygen atoms in total. The molecule has 0 aliphatic rings. The first-order valence-corrected chi connectivity index (χ1v) is 7.77. The average Bonchev–Trinajstić information content (AvgIpc) is 3.08. The minimum atomic E-state index is -1.19. The summed E-state index contributed by atoms with van der Waals surface area (Å²) in [5.74, 6) is -1.73. The Kier molecular flexibility index (Phi) is 6.57. The lowest BCUT2D eigenvalue weighted by Gasteiger charge is -2.21. The highest BCUT2D eigenvalue weighted by atomic mass is 16.5. The predicted octanol–water partition coefficient (Wildman–Crippen LogP) is 2.70. The van der Waals surface area contributed by atoms with Crippen LogP contribution in [-0.4, -0.2) is 48.7 Å². The number of aromatic carboxylic acids is 1. The SMILES string of the molecule is COCCN(CCCc1ccccc1)C(=O)c1ccc(C(=O)O)o1. The number of rotatable bonds is 9. The molecular weight excluding hydrogens is 310 g/mol. The van der Waals surface area contributed by atoms with E-state index >= 15 is 0 Å². The van der Waals surface area contributed by atoms with Gasteiger partial charge in [-0.25, -0.2) is 4.79 Å². The number of furan rings is 1. The van der Waals surface area contributed by atoms with Crippen molar-refractivity contribution in [2.24, 2.45) is 0 Å². The number of nitrogens with zero attached hydrogens (tertiary/aromatic N) is 1. The van der Waals surface area contributed by atoms with Gasteiger partial charge in [0.25, 0.3) is 5.91 Å². The summed E-state index contributed by atoms with van der Waals surface area (Å²) in [6, 6.07) is 12.7. The number of carboxylic acid groups (broad SMARTS) is 1. The Morgan fingerprint density at radius 3 is 2.42 bits per heavy atom. The molecule has 1 amide bonds. The maximum atomic E-state index is 12.5. The van der Waals surface area contributed by atoms with E-state index in [1.54, 1.807) is 12.0 Å². The fourth-order valence-corrected chi connectivity index (χ4v) is 2.36. The van der Waals surface area contributed by atoms with Gasteiger partial charge in [-0.05, 0) is 30.5 Å². The molecule has 0 saturated carbocycles. The predicted molar refractivity (Wildman–Crippen MR) is 88.2 cm³/mol. The van der Waals surface area contributed by atoms with Crippen molar-refractivity contribution in [2.45, 2.75) is 12.8 Å². The monoisotopic (exact) mass is 331 g/mol. The van der Waals surface area contributed by atoms with Crippen LogP contribution >= 0.6 is 0 Å². The molecule has 0 radical (unpaired) electrons. The van der Waals surface area contributed by atoms with Crippen LogP contribution < -0.4 is 0 Å². The number of aryl methyl sites for hydroxylation is 1. The maximum absolute atomic E-state index is 12.5. The fraction of sp³-hybridized carbons (Fsp3) is 0.333. The van der Waals surface area contributed by atoms with Gasteiger partial charge in [0, 0.05) is 20.2 Å². The fourth-order valence-electron chi connectivity index (χ4n) is 2.36. The van der Waals surface area contributed by atoms with E-state index in [1.165, 1.54) is 17.7 Å². The summed E-state index contributed by atoms with van der Waals surface area (Å²) >= 11 is 0. The van der Waals surface area contributed by atoms with Crippen LogP contribution in [0.4, 0.5) is 0 Å². The summed E-state index contributed by atoms with van der Waals surface area (Å²) in [5, 5.41) is 8.89. The number of ether oxygens (including phenoxy) is 1. The van der Waals surface area contributed by atoms with Gasteiger partial charge in [-0.15, -0.1) is 0 Å². The Morgan fingerprint density at radius 1 is 1.08 bits per heavy atom. The van der Waals surface area contributed by atoms with Crippen molar-refractivity contribution in [3.8, 4) is 0 Å². The van der Waals surface area contributed by atoms with E-state index in [-0.39, 0.29) is 17.4 Å². The van der Waals surface area contributed by atoms with Crippen molar-refractivity contribution >= 4 is 11.9 Å². The Bertz CT molecular complexity index is 665. The van der Waals surface area contributed by atoms with Gasteiger partial charge in [0.15, 0.2) is 5.76 Å². The van der Waals surface area contributed by atoms with Gasteiger partial charge in [-0.3, -0.25) is 4.79 Å². The first-order chi connectivity index (χ1) is 11.6. The average molecular weight is 331 g/mol. The molecule has 0 aliphatic heterocycles. The molecule has 1 heterocycles. The number of benzene rings is 1. The molecule has 0 atom stereocenters. The van der Waals surface area contributed by atoms with Gasteiger partial charge in [-0.1, -0.05) is 30.3 Å². The minimum Gasteiger partial charge on any atom is -0.475 e. The summed E-state index contributed by atoms with van der Waals surface area (Å²) in [6.45, 7) is 1.37. The Morgan fingerprint density at radius 2 is 1.79 bits per heavy atom. The van der Waals surface area contributed by atoms with Gasteiger partial charge < -0.3 is 19.2 Å². The number of carboxylic acids is 1. The van der Waals surface area contributed by atoms with Gasteiger partial charge in [-0.2, -0.15) is 0 Å². The van der Waals surface area contributed by atoms with Crippen molar-refractivity contribution in [3.63, 3.8) is 0 Å².